The van der Waals surface area contributed by atoms with Crippen LogP contribution in [0.15, 0.2) is 18.2 Å². The quantitative estimate of drug-likeness (QED) is 0.377. The van der Waals surface area contributed by atoms with E-state index in [1.54, 1.807) is 26.0 Å². The van der Waals surface area contributed by atoms with E-state index in [0.717, 1.165) is 17.7 Å². The molecule has 1 aromatic rings. The molecule has 0 saturated heterocycles. The van der Waals surface area contributed by atoms with E-state index in [4.69, 9.17) is 4.74 Å². The molecule has 2 amide bonds. The lowest BCUT2D eigenvalue weighted by Gasteiger charge is -2.24. The second-order valence-corrected chi connectivity index (χ2v) is 5.79. The molecule has 0 radical (unpaired) electrons. The van der Waals surface area contributed by atoms with E-state index in [1.165, 1.54) is 6.92 Å². The maximum absolute atomic E-state index is 11.5. The minimum atomic E-state index is -0.735. The van der Waals surface area contributed by atoms with Crippen molar-refractivity contribution in [1.82, 2.24) is 10.6 Å². The second kappa shape index (κ2) is 10.7. The summed E-state index contributed by atoms with van der Waals surface area (Å²) in [5.41, 5.74) is 1.66. The molecule has 0 bridgehead atoms. The Hall–Kier alpha value is -2.12. The van der Waals surface area contributed by atoms with Crippen LogP contribution in [0.2, 0.25) is 0 Å². The van der Waals surface area contributed by atoms with Gasteiger partial charge in [-0.1, -0.05) is 13.8 Å². The molecule has 0 aliphatic rings. The van der Waals surface area contributed by atoms with Gasteiger partial charge in [-0.25, -0.2) is 0 Å². The molecule has 1 aromatic carbocycles. The highest BCUT2D eigenvalue weighted by molar-refractivity contribution is 5.90. The molecule has 0 saturated carbocycles. The van der Waals surface area contributed by atoms with Crippen LogP contribution in [-0.4, -0.2) is 42.3 Å². The lowest BCUT2D eigenvalue weighted by atomic mass is 10.1. The van der Waals surface area contributed by atoms with Gasteiger partial charge in [0.15, 0.2) is 6.23 Å². The monoisotopic (exact) mass is 351 g/mol. The zero-order valence-corrected chi connectivity index (χ0v) is 15.4. The first-order valence-corrected chi connectivity index (χ1v) is 8.62. The fraction of sp³-hybridized carbons (Fsp3) is 0.556. The molecular formula is C18H29N3O4. The van der Waals surface area contributed by atoms with Crippen molar-refractivity contribution in [3.63, 3.8) is 0 Å². The number of rotatable bonds is 10. The number of aliphatic hydroxyl groups excluding tert-OH is 1. The maximum atomic E-state index is 11.5. The molecule has 4 N–H and O–H groups in total. The first-order valence-electron chi connectivity index (χ1n) is 8.62. The molecule has 25 heavy (non-hydrogen) atoms. The van der Waals surface area contributed by atoms with Gasteiger partial charge >= 0.3 is 0 Å². The number of nitrogens with one attached hydrogen (secondary N) is 3. The van der Waals surface area contributed by atoms with Crippen LogP contribution in [0.5, 0.6) is 5.75 Å². The van der Waals surface area contributed by atoms with E-state index >= 15 is 0 Å². The van der Waals surface area contributed by atoms with Crippen molar-refractivity contribution in [3.05, 3.63) is 23.8 Å². The van der Waals surface area contributed by atoms with Crippen molar-refractivity contribution in [2.24, 2.45) is 0 Å². The second-order valence-electron chi connectivity index (χ2n) is 5.79. The Kier molecular flexibility index (Phi) is 8.94. The lowest BCUT2D eigenvalue weighted by Crippen LogP contribution is -2.46. The number of amides is 2. The van der Waals surface area contributed by atoms with Crippen LogP contribution in [-0.2, 0) is 16.0 Å². The summed E-state index contributed by atoms with van der Waals surface area (Å²) in [5.74, 6) is 0.501. The van der Waals surface area contributed by atoms with Gasteiger partial charge in [0.1, 0.15) is 11.9 Å². The third kappa shape index (κ3) is 7.53. The van der Waals surface area contributed by atoms with Gasteiger partial charge < -0.3 is 20.5 Å². The predicted molar refractivity (Wildman–Crippen MR) is 97.5 cm³/mol. The van der Waals surface area contributed by atoms with Crippen LogP contribution in [0.25, 0.3) is 0 Å². The molecule has 0 aliphatic carbocycles. The minimum absolute atomic E-state index is 0.0442. The van der Waals surface area contributed by atoms with E-state index in [1.807, 2.05) is 13.0 Å². The third-order valence-electron chi connectivity index (χ3n) is 3.58. The van der Waals surface area contributed by atoms with E-state index < -0.39 is 12.3 Å². The Morgan fingerprint density at radius 1 is 1.24 bits per heavy atom. The van der Waals surface area contributed by atoms with Gasteiger partial charge in [-0.05, 0) is 37.1 Å². The minimum Gasteiger partial charge on any atom is -0.472 e. The van der Waals surface area contributed by atoms with Gasteiger partial charge in [0.05, 0.1) is 0 Å². The lowest BCUT2D eigenvalue weighted by molar-refractivity contribution is -0.119. The molecule has 0 spiro atoms. The van der Waals surface area contributed by atoms with E-state index in [9.17, 15) is 14.7 Å². The number of aryl methyl sites for hydroxylation is 1. The Balaban J connectivity index is 2.75. The Labute approximate surface area is 149 Å². The standard InChI is InChI=1S/C18H29N3O4/c1-5-14-11-15(21-17(24)6-2)7-8-16(14)25-18(12(3)22)20-10-9-19-13(4)23/h7-8,11-12,18,20,22H,5-6,9-10H2,1-4H3,(H,19,23)(H,21,24). The number of benzene rings is 1. The fourth-order valence-electron chi connectivity index (χ4n) is 2.20. The summed E-state index contributed by atoms with van der Waals surface area (Å²) in [4.78, 5) is 22.4. The van der Waals surface area contributed by atoms with Crippen molar-refractivity contribution >= 4 is 17.5 Å². The summed E-state index contributed by atoms with van der Waals surface area (Å²) in [5, 5.41) is 18.5. The molecule has 1 rings (SSSR count). The molecule has 0 aliphatic heterocycles. The topological polar surface area (TPSA) is 99.7 Å². The average molecular weight is 351 g/mol. The Morgan fingerprint density at radius 3 is 2.52 bits per heavy atom. The third-order valence-corrected chi connectivity index (χ3v) is 3.58. The fourth-order valence-corrected chi connectivity index (χ4v) is 2.20. The van der Waals surface area contributed by atoms with Gasteiger partial charge in [-0.3, -0.25) is 14.9 Å². The van der Waals surface area contributed by atoms with E-state index in [-0.39, 0.29) is 11.8 Å². The highest BCUT2D eigenvalue weighted by Gasteiger charge is 2.17. The van der Waals surface area contributed by atoms with Crippen LogP contribution in [0, 0.1) is 0 Å². The van der Waals surface area contributed by atoms with Crippen molar-refractivity contribution < 1.29 is 19.4 Å². The van der Waals surface area contributed by atoms with Gasteiger partial charge in [0.2, 0.25) is 11.8 Å². The molecule has 0 fully saturated rings. The normalized spacial score (nSPS) is 13.0. The number of anilines is 1. The summed E-state index contributed by atoms with van der Waals surface area (Å²) in [6, 6.07) is 5.44. The van der Waals surface area contributed by atoms with Crippen molar-refractivity contribution in [2.75, 3.05) is 18.4 Å². The summed E-state index contributed by atoms with van der Waals surface area (Å²) in [6.45, 7) is 7.81. The van der Waals surface area contributed by atoms with E-state index in [0.29, 0.717) is 25.3 Å². The molecule has 140 valence electrons. The number of ether oxygens (including phenoxy) is 1. The predicted octanol–water partition coefficient (Wildman–Crippen LogP) is 1.41. The van der Waals surface area contributed by atoms with Crippen LogP contribution < -0.4 is 20.7 Å². The van der Waals surface area contributed by atoms with Gasteiger partial charge in [-0.15, -0.1) is 0 Å². The number of carbonyl (C=O) groups excluding carboxylic acids is 2. The molecule has 2 unspecified atom stereocenters. The van der Waals surface area contributed by atoms with Crippen molar-refractivity contribution in [3.8, 4) is 5.75 Å². The summed E-state index contributed by atoms with van der Waals surface area (Å²) in [6.07, 6.45) is -0.192. The molecule has 0 heterocycles. The van der Waals surface area contributed by atoms with Crippen LogP contribution in [0.1, 0.15) is 39.7 Å². The highest BCUT2D eigenvalue weighted by Crippen LogP contribution is 2.25. The Morgan fingerprint density at radius 2 is 1.96 bits per heavy atom. The van der Waals surface area contributed by atoms with Crippen LogP contribution in [0.4, 0.5) is 5.69 Å². The molecule has 0 aromatic heterocycles. The average Bonchev–Trinajstić information content (AvgIpc) is 2.57. The van der Waals surface area contributed by atoms with Crippen molar-refractivity contribution in [1.29, 1.82) is 0 Å². The van der Waals surface area contributed by atoms with Crippen LogP contribution >= 0.6 is 0 Å². The maximum Gasteiger partial charge on any atom is 0.224 e. The zero-order chi connectivity index (χ0) is 18.8. The highest BCUT2D eigenvalue weighted by atomic mass is 16.5. The zero-order valence-electron chi connectivity index (χ0n) is 15.4. The smallest absolute Gasteiger partial charge is 0.224 e. The first-order chi connectivity index (χ1) is 11.9. The molecule has 7 nitrogen and oxygen atoms in total. The van der Waals surface area contributed by atoms with Gasteiger partial charge in [-0.2, -0.15) is 0 Å². The van der Waals surface area contributed by atoms with Crippen LogP contribution in [0.3, 0.4) is 0 Å². The SMILES string of the molecule is CCC(=O)Nc1ccc(OC(NCCNC(C)=O)C(C)O)c(CC)c1. The summed E-state index contributed by atoms with van der Waals surface area (Å²) >= 11 is 0. The number of hydrogen-bond acceptors (Lipinski definition) is 5. The summed E-state index contributed by atoms with van der Waals surface area (Å²) < 4.78 is 5.90. The number of aliphatic hydroxyl groups is 1. The molecular weight excluding hydrogens is 322 g/mol. The number of hydrogen-bond donors (Lipinski definition) is 4. The molecule has 7 heteroatoms. The largest absolute Gasteiger partial charge is 0.472 e. The number of carbonyl (C=O) groups is 2. The molecule has 2 atom stereocenters. The van der Waals surface area contributed by atoms with E-state index in [2.05, 4.69) is 16.0 Å². The van der Waals surface area contributed by atoms with Gasteiger partial charge in [0, 0.05) is 32.1 Å². The summed E-state index contributed by atoms with van der Waals surface area (Å²) in [7, 11) is 0. The Bertz CT molecular complexity index is 575. The van der Waals surface area contributed by atoms with Gasteiger partial charge in [0.25, 0.3) is 0 Å². The van der Waals surface area contributed by atoms with Crippen molar-refractivity contribution in [2.45, 2.75) is 52.9 Å². The first kappa shape index (κ1) is 20.9.